The Labute approximate surface area is 103 Å². The third-order valence-electron chi connectivity index (χ3n) is 3.31. The summed E-state index contributed by atoms with van der Waals surface area (Å²) < 4.78 is 5.40. The maximum absolute atomic E-state index is 11.9. The van der Waals surface area contributed by atoms with Crippen LogP contribution in [0.2, 0.25) is 0 Å². The predicted molar refractivity (Wildman–Crippen MR) is 68.2 cm³/mol. The minimum absolute atomic E-state index is 0.153. The molecule has 2 nitrogen and oxygen atoms in total. The highest BCUT2D eigenvalue weighted by Crippen LogP contribution is 2.18. The first-order valence-electron chi connectivity index (χ1n) is 6.40. The number of ketones is 1. The number of hydrogen-bond acceptors (Lipinski definition) is 2. The Bertz CT molecular complexity index is 372. The van der Waals surface area contributed by atoms with Gasteiger partial charge in [0.1, 0.15) is 6.10 Å². The molecular formula is C15H20O2. The standard InChI is InChI=1S/C15H20O2/c1-11(2)13-7-5-12(6-8-13)10-14(16)15-4-3-9-17-15/h5-8,11,15H,3-4,9-10H2,1-2H3. The van der Waals surface area contributed by atoms with Gasteiger partial charge in [0.15, 0.2) is 5.78 Å². The molecule has 1 aromatic carbocycles. The molecule has 1 saturated heterocycles. The van der Waals surface area contributed by atoms with Crippen LogP contribution >= 0.6 is 0 Å². The van der Waals surface area contributed by atoms with Crippen molar-refractivity contribution in [1.29, 1.82) is 0 Å². The summed E-state index contributed by atoms with van der Waals surface area (Å²) in [6, 6.07) is 8.34. The largest absolute Gasteiger partial charge is 0.370 e. The zero-order chi connectivity index (χ0) is 12.3. The summed E-state index contributed by atoms with van der Waals surface area (Å²) in [4.78, 5) is 11.9. The van der Waals surface area contributed by atoms with Gasteiger partial charge in [-0.2, -0.15) is 0 Å². The zero-order valence-electron chi connectivity index (χ0n) is 10.6. The van der Waals surface area contributed by atoms with Gasteiger partial charge in [-0.25, -0.2) is 0 Å². The lowest BCUT2D eigenvalue weighted by Gasteiger charge is -2.09. The minimum atomic E-state index is -0.153. The first-order chi connectivity index (χ1) is 8.16. The predicted octanol–water partition coefficient (Wildman–Crippen LogP) is 3.10. The third kappa shape index (κ3) is 3.16. The topological polar surface area (TPSA) is 26.3 Å². The van der Waals surface area contributed by atoms with E-state index in [9.17, 15) is 4.79 Å². The van der Waals surface area contributed by atoms with Crippen LogP contribution in [-0.4, -0.2) is 18.5 Å². The minimum Gasteiger partial charge on any atom is -0.370 e. The summed E-state index contributed by atoms with van der Waals surface area (Å²) in [5, 5.41) is 0. The monoisotopic (exact) mass is 232 g/mol. The SMILES string of the molecule is CC(C)c1ccc(CC(=O)C2CCCO2)cc1. The van der Waals surface area contributed by atoms with E-state index in [0.717, 1.165) is 25.0 Å². The van der Waals surface area contributed by atoms with Gasteiger partial charge in [-0.1, -0.05) is 38.1 Å². The smallest absolute Gasteiger partial charge is 0.165 e. The van der Waals surface area contributed by atoms with E-state index in [0.29, 0.717) is 12.3 Å². The molecule has 1 aliphatic rings. The van der Waals surface area contributed by atoms with E-state index in [-0.39, 0.29) is 11.9 Å². The molecule has 0 aromatic heterocycles. The number of ether oxygens (including phenoxy) is 1. The van der Waals surface area contributed by atoms with Gasteiger partial charge >= 0.3 is 0 Å². The van der Waals surface area contributed by atoms with Gasteiger partial charge in [-0.3, -0.25) is 4.79 Å². The van der Waals surface area contributed by atoms with Gasteiger partial charge in [0.2, 0.25) is 0 Å². The quantitative estimate of drug-likeness (QED) is 0.797. The summed E-state index contributed by atoms with van der Waals surface area (Å²) in [5.74, 6) is 0.762. The van der Waals surface area contributed by atoms with E-state index in [4.69, 9.17) is 4.74 Å². The van der Waals surface area contributed by atoms with Crippen LogP contribution < -0.4 is 0 Å². The average molecular weight is 232 g/mol. The van der Waals surface area contributed by atoms with Crippen LogP contribution in [-0.2, 0) is 16.0 Å². The van der Waals surface area contributed by atoms with Crippen molar-refractivity contribution < 1.29 is 9.53 Å². The molecule has 1 fully saturated rings. The highest BCUT2D eigenvalue weighted by Gasteiger charge is 2.23. The highest BCUT2D eigenvalue weighted by molar-refractivity contribution is 5.85. The molecule has 0 spiro atoms. The van der Waals surface area contributed by atoms with Gasteiger partial charge in [-0.05, 0) is 29.9 Å². The molecule has 0 saturated carbocycles. The Morgan fingerprint density at radius 2 is 2.06 bits per heavy atom. The molecule has 0 amide bonds. The van der Waals surface area contributed by atoms with E-state index in [1.165, 1.54) is 5.56 Å². The van der Waals surface area contributed by atoms with Crippen LogP contribution in [0.4, 0.5) is 0 Å². The Morgan fingerprint density at radius 3 is 2.59 bits per heavy atom. The second-order valence-electron chi connectivity index (χ2n) is 5.04. The fourth-order valence-electron chi connectivity index (χ4n) is 2.17. The molecule has 1 atom stereocenters. The van der Waals surface area contributed by atoms with Gasteiger partial charge < -0.3 is 4.74 Å². The van der Waals surface area contributed by atoms with E-state index in [1.54, 1.807) is 0 Å². The van der Waals surface area contributed by atoms with Crippen molar-refractivity contribution in [2.75, 3.05) is 6.61 Å². The first kappa shape index (κ1) is 12.3. The van der Waals surface area contributed by atoms with Crippen LogP contribution in [0.3, 0.4) is 0 Å². The number of carbonyl (C=O) groups excluding carboxylic acids is 1. The number of rotatable bonds is 4. The number of carbonyl (C=O) groups is 1. The number of hydrogen-bond donors (Lipinski definition) is 0. The molecule has 1 aromatic rings. The summed E-state index contributed by atoms with van der Waals surface area (Å²) in [6.45, 7) is 5.09. The van der Waals surface area contributed by atoms with Crippen LogP contribution in [0, 0.1) is 0 Å². The summed E-state index contributed by atoms with van der Waals surface area (Å²) in [6.07, 6.45) is 2.26. The summed E-state index contributed by atoms with van der Waals surface area (Å²) in [7, 11) is 0. The number of benzene rings is 1. The van der Waals surface area contributed by atoms with Crippen molar-refractivity contribution in [1.82, 2.24) is 0 Å². The lowest BCUT2D eigenvalue weighted by atomic mass is 9.98. The van der Waals surface area contributed by atoms with Crippen LogP contribution in [0.5, 0.6) is 0 Å². The average Bonchev–Trinajstić information content (AvgIpc) is 2.83. The third-order valence-corrected chi connectivity index (χ3v) is 3.31. The van der Waals surface area contributed by atoms with Crippen molar-refractivity contribution >= 4 is 5.78 Å². The van der Waals surface area contributed by atoms with Gasteiger partial charge in [-0.15, -0.1) is 0 Å². The molecule has 0 N–H and O–H groups in total. The molecule has 2 rings (SSSR count). The molecule has 1 aliphatic heterocycles. The molecule has 0 radical (unpaired) electrons. The second-order valence-corrected chi connectivity index (χ2v) is 5.04. The van der Waals surface area contributed by atoms with Crippen molar-refractivity contribution in [2.45, 2.75) is 45.1 Å². The lowest BCUT2D eigenvalue weighted by molar-refractivity contribution is -0.127. The fourth-order valence-corrected chi connectivity index (χ4v) is 2.17. The highest BCUT2D eigenvalue weighted by atomic mass is 16.5. The summed E-state index contributed by atoms with van der Waals surface area (Å²) >= 11 is 0. The first-order valence-corrected chi connectivity index (χ1v) is 6.40. The molecule has 2 heteroatoms. The van der Waals surface area contributed by atoms with Crippen LogP contribution in [0.25, 0.3) is 0 Å². The lowest BCUT2D eigenvalue weighted by Crippen LogP contribution is -2.21. The van der Waals surface area contributed by atoms with Gasteiger partial charge in [0.05, 0.1) is 0 Å². The van der Waals surface area contributed by atoms with Crippen LogP contribution in [0.1, 0.15) is 43.7 Å². The van der Waals surface area contributed by atoms with E-state index in [1.807, 2.05) is 0 Å². The van der Waals surface area contributed by atoms with E-state index >= 15 is 0 Å². The zero-order valence-corrected chi connectivity index (χ0v) is 10.6. The maximum Gasteiger partial charge on any atom is 0.165 e. The molecule has 17 heavy (non-hydrogen) atoms. The molecule has 0 bridgehead atoms. The Kier molecular flexibility index (Phi) is 3.95. The Balaban J connectivity index is 1.96. The van der Waals surface area contributed by atoms with Crippen molar-refractivity contribution in [2.24, 2.45) is 0 Å². The normalized spacial score (nSPS) is 19.8. The molecule has 92 valence electrons. The molecule has 0 aliphatic carbocycles. The van der Waals surface area contributed by atoms with Crippen LogP contribution in [0.15, 0.2) is 24.3 Å². The maximum atomic E-state index is 11.9. The second kappa shape index (κ2) is 5.46. The molecule has 1 heterocycles. The molecular weight excluding hydrogens is 212 g/mol. The Morgan fingerprint density at radius 1 is 1.35 bits per heavy atom. The van der Waals surface area contributed by atoms with Gasteiger partial charge in [0, 0.05) is 13.0 Å². The van der Waals surface area contributed by atoms with Crippen molar-refractivity contribution in [3.8, 4) is 0 Å². The Hall–Kier alpha value is -1.15. The number of Topliss-reactive ketones (excluding diaryl/α,β-unsaturated/α-hetero) is 1. The van der Waals surface area contributed by atoms with Crippen molar-refractivity contribution in [3.05, 3.63) is 35.4 Å². The fraction of sp³-hybridized carbons (Fsp3) is 0.533. The van der Waals surface area contributed by atoms with E-state index < -0.39 is 0 Å². The molecule has 1 unspecified atom stereocenters. The van der Waals surface area contributed by atoms with E-state index in [2.05, 4.69) is 38.1 Å². The van der Waals surface area contributed by atoms with Gasteiger partial charge in [0.25, 0.3) is 0 Å². The summed E-state index contributed by atoms with van der Waals surface area (Å²) in [5.41, 5.74) is 2.41. The van der Waals surface area contributed by atoms with Crippen molar-refractivity contribution in [3.63, 3.8) is 0 Å².